The first kappa shape index (κ1) is 12.8. The second kappa shape index (κ2) is 5.30. The van der Waals surface area contributed by atoms with Crippen LogP contribution < -0.4 is 5.32 Å². The van der Waals surface area contributed by atoms with Crippen LogP contribution in [0.5, 0.6) is 0 Å². The molecule has 0 aromatic heterocycles. The third-order valence-corrected chi connectivity index (χ3v) is 2.60. The summed E-state index contributed by atoms with van der Waals surface area (Å²) in [6.45, 7) is 1.92. The highest BCUT2D eigenvalue weighted by Gasteiger charge is 2.11. The number of amides is 1. The number of hydrogen-bond donors (Lipinski definition) is 1. The standard InChI is InChI=1S/C14H12N2O3/c1-10-4-2-6-12(8-10)15-14(17)11-5-3-7-13(9-11)16(18)19/h2-9H,1H3,(H,15,17). The van der Waals surface area contributed by atoms with Crippen molar-refractivity contribution < 1.29 is 9.72 Å². The molecule has 0 spiro atoms. The van der Waals surface area contributed by atoms with Gasteiger partial charge in [0.05, 0.1) is 4.92 Å². The Morgan fingerprint density at radius 2 is 1.89 bits per heavy atom. The molecule has 5 heteroatoms. The normalized spacial score (nSPS) is 9.95. The zero-order valence-electron chi connectivity index (χ0n) is 10.3. The van der Waals surface area contributed by atoms with Crippen LogP contribution in [0, 0.1) is 17.0 Å². The number of carbonyl (C=O) groups excluding carboxylic acids is 1. The average Bonchev–Trinajstić information content (AvgIpc) is 2.39. The van der Waals surface area contributed by atoms with E-state index in [0.717, 1.165) is 5.56 Å². The van der Waals surface area contributed by atoms with Gasteiger partial charge in [0.1, 0.15) is 0 Å². The van der Waals surface area contributed by atoms with Crippen molar-refractivity contribution in [3.05, 3.63) is 69.8 Å². The number of nitrogens with zero attached hydrogens (tertiary/aromatic N) is 1. The first-order valence-corrected chi connectivity index (χ1v) is 5.69. The summed E-state index contributed by atoms with van der Waals surface area (Å²) < 4.78 is 0. The number of aryl methyl sites for hydroxylation is 1. The largest absolute Gasteiger partial charge is 0.322 e. The summed E-state index contributed by atoms with van der Waals surface area (Å²) in [6.07, 6.45) is 0. The molecule has 19 heavy (non-hydrogen) atoms. The van der Waals surface area contributed by atoms with Crippen molar-refractivity contribution in [2.45, 2.75) is 6.92 Å². The SMILES string of the molecule is Cc1cccc(NC(=O)c2cccc([N+](=O)[O-])c2)c1. The van der Waals surface area contributed by atoms with Crippen molar-refractivity contribution in [1.29, 1.82) is 0 Å². The third kappa shape index (κ3) is 3.16. The first-order chi connectivity index (χ1) is 9.06. The van der Waals surface area contributed by atoms with Gasteiger partial charge in [-0.2, -0.15) is 0 Å². The second-order valence-electron chi connectivity index (χ2n) is 4.13. The maximum absolute atomic E-state index is 12.0. The van der Waals surface area contributed by atoms with E-state index in [4.69, 9.17) is 0 Å². The fourth-order valence-corrected chi connectivity index (χ4v) is 1.69. The van der Waals surface area contributed by atoms with Crippen LogP contribution in [0.15, 0.2) is 48.5 Å². The molecule has 0 radical (unpaired) electrons. The van der Waals surface area contributed by atoms with E-state index in [1.165, 1.54) is 24.3 Å². The smallest absolute Gasteiger partial charge is 0.270 e. The van der Waals surface area contributed by atoms with Crippen molar-refractivity contribution >= 4 is 17.3 Å². The van der Waals surface area contributed by atoms with Crippen LogP contribution in [0.3, 0.4) is 0 Å². The van der Waals surface area contributed by atoms with Gasteiger partial charge < -0.3 is 5.32 Å². The van der Waals surface area contributed by atoms with Crippen molar-refractivity contribution in [2.24, 2.45) is 0 Å². The summed E-state index contributed by atoms with van der Waals surface area (Å²) >= 11 is 0. The first-order valence-electron chi connectivity index (χ1n) is 5.69. The molecule has 96 valence electrons. The van der Waals surface area contributed by atoms with Crippen molar-refractivity contribution in [1.82, 2.24) is 0 Å². The second-order valence-corrected chi connectivity index (χ2v) is 4.13. The van der Waals surface area contributed by atoms with Crippen molar-refractivity contribution in [3.8, 4) is 0 Å². The van der Waals surface area contributed by atoms with Gasteiger partial charge in [-0.25, -0.2) is 0 Å². The molecule has 0 unspecified atom stereocenters. The van der Waals surface area contributed by atoms with Crippen LogP contribution in [0.2, 0.25) is 0 Å². The highest BCUT2D eigenvalue weighted by molar-refractivity contribution is 6.04. The Bertz CT molecular complexity index is 638. The van der Waals surface area contributed by atoms with E-state index >= 15 is 0 Å². The Labute approximate surface area is 110 Å². The monoisotopic (exact) mass is 256 g/mol. The lowest BCUT2D eigenvalue weighted by Gasteiger charge is -2.05. The fraction of sp³-hybridized carbons (Fsp3) is 0.0714. The number of nitrogens with one attached hydrogen (secondary N) is 1. The van der Waals surface area contributed by atoms with E-state index in [0.29, 0.717) is 5.69 Å². The molecule has 0 aliphatic rings. The van der Waals surface area contributed by atoms with Crippen molar-refractivity contribution in [2.75, 3.05) is 5.32 Å². The van der Waals surface area contributed by atoms with E-state index < -0.39 is 4.92 Å². The minimum Gasteiger partial charge on any atom is -0.322 e. The Hall–Kier alpha value is -2.69. The maximum atomic E-state index is 12.0. The molecule has 0 heterocycles. The molecule has 2 aromatic carbocycles. The number of nitro benzene ring substituents is 1. The molecule has 1 N–H and O–H groups in total. The molecule has 0 fully saturated rings. The van der Waals surface area contributed by atoms with Gasteiger partial charge in [0.15, 0.2) is 0 Å². The Morgan fingerprint density at radius 3 is 2.58 bits per heavy atom. The lowest BCUT2D eigenvalue weighted by Crippen LogP contribution is -2.12. The number of carbonyl (C=O) groups is 1. The van der Waals surface area contributed by atoms with Crippen LogP contribution >= 0.6 is 0 Å². The highest BCUT2D eigenvalue weighted by Crippen LogP contribution is 2.15. The summed E-state index contributed by atoms with van der Waals surface area (Å²) in [4.78, 5) is 22.1. The molecule has 0 atom stereocenters. The fourth-order valence-electron chi connectivity index (χ4n) is 1.69. The van der Waals surface area contributed by atoms with E-state index in [2.05, 4.69) is 5.32 Å². The quantitative estimate of drug-likeness (QED) is 0.677. The molecule has 5 nitrogen and oxygen atoms in total. The van der Waals surface area contributed by atoms with E-state index in [-0.39, 0.29) is 17.2 Å². The van der Waals surface area contributed by atoms with E-state index in [9.17, 15) is 14.9 Å². The van der Waals surface area contributed by atoms with Crippen LogP contribution in [-0.2, 0) is 0 Å². The van der Waals surface area contributed by atoms with E-state index in [1.807, 2.05) is 25.1 Å². The van der Waals surface area contributed by atoms with Crippen LogP contribution in [0.25, 0.3) is 0 Å². The molecule has 1 amide bonds. The predicted molar refractivity (Wildman–Crippen MR) is 72.2 cm³/mol. The van der Waals surface area contributed by atoms with Crippen LogP contribution in [-0.4, -0.2) is 10.8 Å². The number of hydrogen-bond acceptors (Lipinski definition) is 3. The summed E-state index contributed by atoms with van der Waals surface area (Å²) in [5.41, 5.74) is 1.85. The summed E-state index contributed by atoms with van der Waals surface area (Å²) in [7, 11) is 0. The molecule has 0 saturated heterocycles. The Morgan fingerprint density at radius 1 is 1.16 bits per heavy atom. The number of anilines is 1. The molecule has 0 aliphatic carbocycles. The van der Waals surface area contributed by atoms with Gasteiger partial charge in [0.2, 0.25) is 0 Å². The Kier molecular flexibility index (Phi) is 3.56. The number of non-ortho nitro benzene ring substituents is 1. The van der Waals surface area contributed by atoms with Gasteiger partial charge in [-0.15, -0.1) is 0 Å². The molecule has 2 aromatic rings. The van der Waals surface area contributed by atoms with Gasteiger partial charge in [-0.1, -0.05) is 18.2 Å². The third-order valence-electron chi connectivity index (χ3n) is 2.60. The minimum absolute atomic E-state index is 0.100. The zero-order chi connectivity index (χ0) is 13.8. The average molecular weight is 256 g/mol. The maximum Gasteiger partial charge on any atom is 0.270 e. The predicted octanol–water partition coefficient (Wildman–Crippen LogP) is 3.16. The topological polar surface area (TPSA) is 72.2 Å². The van der Waals surface area contributed by atoms with Gasteiger partial charge >= 0.3 is 0 Å². The van der Waals surface area contributed by atoms with Gasteiger partial charge in [-0.05, 0) is 30.7 Å². The van der Waals surface area contributed by atoms with Crippen LogP contribution in [0.4, 0.5) is 11.4 Å². The molecule has 0 bridgehead atoms. The lowest BCUT2D eigenvalue weighted by molar-refractivity contribution is -0.384. The van der Waals surface area contributed by atoms with Gasteiger partial charge in [0.25, 0.3) is 11.6 Å². The zero-order valence-corrected chi connectivity index (χ0v) is 10.3. The van der Waals surface area contributed by atoms with Crippen LogP contribution in [0.1, 0.15) is 15.9 Å². The molecule has 2 rings (SSSR count). The number of nitro groups is 1. The van der Waals surface area contributed by atoms with E-state index in [1.54, 1.807) is 6.07 Å². The highest BCUT2D eigenvalue weighted by atomic mass is 16.6. The minimum atomic E-state index is -0.524. The number of benzene rings is 2. The van der Waals surface area contributed by atoms with Gasteiger partial charge in [0, 0.05) is 23.4 Å². The number of rotatable bonds is 3. The Balaban J connectivity index is 2.20. The summed E-state index contributed by atoms with van der Waals surface area (Å²) in [5, 5.41) is 13.4. The molecule has 0 aliphatic heterocycles. The summed E-state index contributed by atoms with van der Waals surface area (Å²) in [5.74, 6) is -0.366. The molecular formula is C14H12N2O3. The van der Waals surface area contributed by atoms with Gasteiger partial charge in [-0.3, -0.25) is 14.9 Å². The lowest BCUT2D eigenvalue weighted by atomic mass is 10.1. The summed E-state index contributed by atoms with van der Waals surface area (Å²) in [6, 6.07) is 13.0. The molecular weight excluding hydrogens is 244 g/mol. The van der Waals surface area contributed by atoms with Crippen molar-refractivity contribution in [3.63, 3.8) is 0 Å². The molecule has 0 saturated carbocycles.